The van der Waals surface area contributed by atoms with E-state index in [-0.39, 0.29) is 11.3 Å². The summed E-state index contributed by atoms with van der Waals surface area (Å²) in [6.45, 7) is 0. The molecule has 0 spiro atoms. The van der Waals surface area contributed by atoms with Gasteiger partial charge in [-0.1, -0.05) is 6.07 Å². The fourth-order valence-electron chi connectivity index (χ4n) is 2.22. The van der Waals surface area contributed by atoms with Crippen molar-refractivity contribution in [3.8, 4) is 11.4 Å². The third kappa shape index (κ3) is 2.10. The second kappa shape index (κ2) is 4.90. The number of nitrogens with zero attached hydrogens (tertiary/aromatic N) is 2. The zero-order chi connectivity index (χ0) is 15.0. The van der Waals surface area contributed by atoms with Gasteiger partial charge in [-0.25, -0.2) is 14.2 Å². The molecule has 106 valence electrons. The molecule has 0 fully saturated rings. The summed E-state index contributed by atoms with van der Waals surface area (Å²) in [5, 5.41) is 9.16. The van der Waals surface area contributed by atoms with Gasteiger partial charge in [0.15, 0.2) is 11.6 Å². The van der Waals surface area contributed by atoms with Crippen molar-refractivity contribution in [2.45, 2.75) is 0 Å². The molecule has 1 N–H and O–H groups in total. The summed E-state index contributed by atoms with van der Waals surface area (Å²) in [6, 6.07) is 9.29. The Kier molecular flexibility index (Phi) is 3.06. The summed E-state index contributed by atoms with van der Waals surface area (Å²) in [7, 11) is 1.39. The summed E-state index contributed by atoms with van der Waals surface area (Å²) in [5.41, 5.74) is 1.77. The van der Waals surface area contributed by atoms with E-state index in [2.05, 4.69) is 4.98 Å². The summed E-state index contributed by atoms with van der Waals surface area (Å²) in [6.07, 6.45) is 1.50. The van der Waals surface area contributed by atoms with Crippen molar-refractivity contribution in [3.63, 3.8) is 0 Å². The van der Waals surface area contributed by atoms with Gasteiger partial charge in [-0.05, 0) is 24.3 Å². The molecular formula is C15H11FN2O3. The van der Waals surface area contributed by atoms with Gasteiger partial charge in [0.1, 0.15) is 11.8 Å². The molecule has 0 aliphatic heterocycles. The summed E-state index contributed by atoms with van der Waals surface area (Å²) in [5.74, 6) is -1.39. The Bertz CT molecular complexity index is 842. The molecule has 2 aromatic carbocycles. The highest BCUT2D eigenvalue weighted by molar-refractivity contribution is 6.01. The number of fused-ring (bicyclic) bond motifs is 1. The number of rotatable bonds is 3. The van der Waals surface area contributed by atoms with Gasteiger partial charge < -0.3 is 9.84 Å². The van der Waals surface area contributed by atoms with Crippen molar-refractivity contribution in [1.82, 2.24) is 9.55 Å². The van der Waals surface area contributed by atoms with E-state index in [0.717, 1.165) is 0 Å². The molecule has 0 saturated heterocycles. The molecule has 3 aromatic rings. The zero-order valence-electron chi connectivity index (χ0n) is 11.1. The maximum atomic E-state index is 13.5. The van der Waals surface area contributed by atoms with Crippen molar-refractivity contribution >= 4 is 17.0 Å². The largest absolute Gasteiger partial charge is 0.494 e. The number of carbonyl (C=O) groups is 1. The minimum Gasteiger partial charge on any atom is -0.494 e. The number of benzene rings is 2. The van der Waals surface area contributed by atoms with Crippen LogP contribution in [-0.4, -0.2) is 27.7 Å². The van der Waals surface area contributed by atoms with Crippen molar-refractivity contribution in [2.24, 2.45) is 0 Å². The highest BCUT2D eigenvalue weighted by atomic mass is 19.1. The van der Waals surface area contributed by atoms with E-state index in [1.165, 1.54) is 31.6 Å². The Morgan fingerprint density at radius 3 is 2.86 bits per heavy atom. The number of aromatic nitrogens is 2. The second-order valence-corrected chi connectivity index (χ2v) is 4.41. The molecule has 0 saturated carbocycles. The summed E-state index contributed by atoms with van der Waals surface area (Å²) in [4.78, 5) is 15.3. The molecular weight excluding hydrogens is 275 g/mol. The number of imidazole rings is 1. The molecule has 0 aliphatic carbocycles. The maximum absolute atomic E-state index is 13.5. The van der Waals surface area contributed by atoms with E-state index >= 15 is 0 Å². The predicted molar refractivity (Wildman–Crippen MR) is 74.5 cm³/mol. The van der Waals surface area contributed by atoms with E-state index in [9.17, 15) is 9.18 Å². The van der Waals surface area contributed by atoms with E-state index in [4.69, 9.17) is 9.84 Å². The predicted octanol–water partition coefficient (Wildman–Crippen LogP) is 2.87. The second-order valence-electron chi connectivity index (χ2n) is 4.41. The Morgan fingerprint density at radius 2 is 2.14 bits per heavy atom. The van der Waals surface area contributed by atoms with Gasteiger partial charge >= 0.3 is 5.97 Å². The van der Waals surface area contributed by atoms with Crippen LogP contribution in [0.25, 0.3) is 16.7 Å². The molecule has 21 heavy (non-hydrogen) atoms. The number of halogens is 1. The van der Waals surface area contributed by atoms with Crippen LogP contribution in [0, 0.1) is 5.82 Å². The Balaban J connectivity index is 2.22. The third-order valence-electron chi connectivity index (χ3n) is 3.22. The molecule has 0 amide bonds. The standard InChI is InChI=1S/C15H11FN2O3/c1-21-13-7-9(5-6-11(13)16)18-8-17-14-10(15(19)20)3-2-4-12(14)18/h2-8H,1H3,(H,19,20). The zero-order valence-corrected chi connectivity index (χ0v) is 11.1. The lowest BCUT2D eigenvalue weighted by molar-refractivity contribution is 0.0699. The van der Waals surface area contributed by atoms with Crippen LogP contribution >= 0.6 is 0 Å². The van der Waals surface area contributed by atoms with E-state index in [1.54, 1.807) is 22.8 Å². The van der Waals surface area contributed by atoms with Gasteiger partial charge in [-0.15, -0.1) is 0 Å². The number of hydrogen-bond donors (Lipinski definition) is 1. The average Bonchev–Trinajstić information content (AvgIpc) is 2.91. The van der Waals surface area contributed by atoms with E-state index in [1.807, 2.05) is 0 Å². The molecule has 3 rings (SSSR count). The van der Waals surface area contributed by atoms with Crippen molar-refractivity contribution in [1.29, 1.82) is 0 Å². The average molecular weight is 286 g/mol. The van der Waals surface area contributed by atoms with Gasteiger partial charge in [0.05, 0.1) is 23.9 Å². The van der Waals surface area contributed by atoms with Crippen LogP contribution < -0.4 is 4.74 Å². The van der Waals surface area contributed by atoms with Gasteiger partial charge in [-0.3, -0.25) is 4.57 Å². The van der Waals surface area contributed by atoms with Crippen molar-refractivity contribution in [2.75, 3.05) is 7.11 Å². The molecule has 5 nitrogen and oxygen atoms in total. The van der Waals surface area contributed by atoms with Crippen LogP contribution in [0.15, 0.2) is 42.7 Å². The van der Waals surface area contributed by atoms with Crippen LogP contribution in [0.2, 0.25) is 0 Å². The highest BCUT2D eigenvalue weighted by Gasteiger charge is 2.14. The van der Waals surface area contributed by atoms with E-state index < -0.39 is 11.8 Å². The lowest BCUT2D eigenvalue weighted by Crippen LogP contribution is -1.98. The van der Waals surface area contributed by atoms with Gasteiger partial charge in [0, 0.05) is 6.07 Å². The number of para-hydroxylation sites is 1. The maximum Gasteiger partial charge on any atom is 0.337 e. The van der Waals surface area contributed by atoms with Crippen LogP contribution in [0.5, 0.6) is 5.75 Å². The molecule has 0 radical (unpaired) electrons. The van der Waals surface area contributed by atoms with Crippen molar-refractivity contribution in [3.05, 3.63) is 54.1 Å². The molecule has 1 aromatic heterocycles. The number of ether oxygens (including phenoxy) is 1. The molecule has 0 bridgehead atoms. The first-order valence-corrected chi connectivity index (χ1v) is 6.15. The van der Waals surface area contributed by atoms with Gasteiger partial charge in [0.25, 0.3) is 0 Å². The number of hydrogen-bond acceptors (Lipinski definition) is 3. The Hall–Kier alpha value is -2.89. The summed E-state index contributed by atoms with van der Waals surface area (Å²) >= 11 is 0. The number of aromatic carboxylic acids is 1. The quantitative estimate of drug-likeness (QED) is 0.804. The summed E-state index contributed by atoms with van der Waals surface area (Å²) < 4.78 is 20.1. The number of methoxy groups -OCH3 is 1. The number of carboxylic acids is 1. The van der Waals surface area contributed by atoms with E-state index in [0.29, 0.717) is 16.7 Å². The minimum atomic E-state index is -1.04. The number of carboxylic acid groups (broad SMARTS) is 1. The molecule has 0 aliphatic rings. The SMILES string of the molecule is COc1cc(-n2cnc3c(C(=O)O)cccc32)ccc1F. The van der Waals surface area contributed by atoms with Crippen LogP contribution in [0.4, 0.5) is 4.39 Å². The van der Waals surface area contributed by atoms with Crippen LogP contribution in [0.1, 0.15) is 10.4 Å². The van der Waals surface area contributed by atoms with Crippen LogP contribution in [-0.2, 0) is 0 Å². The first-order chi connectivity index (χ1) is 10.1. The fourth-order valence-corrected chi connectivity index (χ4v) is 2.22. The monoisotopic (exact) mass is 286 g/mol. The first-order valence-electron chi connectivity index (χ1n) is 6.15. The molecule has 0 atom stereocenters. The Morgan fingerprint density at radius 1 is 1.33 bits per heavy atom. The topological polar surface area (TPSA) is 64.4 Å². The molecule has 1 heterocycles. The third-order valence-corrected chi connectivity index (χ3v) is 3.22. The van der Waals surface area contributed by atoms with Gasteiger partial charge in [0.2, 0.25) is 0 Å². The normalized spacial score (nSPS) is 10.8. The lowest BCUT2D eigenvalue weighted by Gasteiger charge is -2.07. The Labute approximate surface area is 119 Å². The van der Waals surface area contributed by atoms with Crippen LogP contribution in [0.3, 0.4) is 0 Å². The highest BCUT2D eigenvalue weighted by Crippen LogP contribution is 2.25. The lowest BCUT2D eigenvalue weighted by atomic mass is 10.2. The smallest absolute Gasteiger partial charge is 0.337 e. The van der Waals surface area contributed by atoms with Crippen molar-refractivity contribution < 1.29 is 19.0 Å². The minimum absolute atomic E-state index is 0.115. The molecule has 6 heteroatoms. The van der Waals surface area contributed by atoms with Gasteiger partial charge in [-0.2, -0.15) is 0 Å². The molecule has 0 unspecified atom stereocenters. The first kappa shape index (κ1) is 13.1. The fraction of sp³-hybridized carbons (Fsp3) is 0.0667.